The van der Waals surface area contributed by atoms with Crippen LogP contribution in [0.3, 0.4) is 0 Å². The first-order valence-electron chi connectivity index (χ1n) is 6.23. The Morgan fingerprint density at radius 1 is 1.22 bits per heavy atom. The Morgan fingerprint density at radius 3 is 2.56 bits per heavy atom. The average molecular weight is 247 g/mol. The SMILES string of the molecule is O=C(O)C1CC1C(=O)NCCCc1ccccc1. The molecule has 1 fully saturated rings. The average Bonchev–Trinajstić information content (AvgIpc) is 3.16. The van der Waals surface area contributed by atoms with Crippen LogP contribution in [-0.4, -0.2) is 23.5 Å². The first-order valence-corrected chi connectivity index (χ1v) is 6.23. The largest absolute Gasteiger partial charge is 0.481 e. The lowest BCUT2D eigenvalue weighted by atomic mass is 10.1. The second-order valence-electron chi connectivity index (χ2n) is 4.67. The molecule has 0 spiro atoms. The first kappa shape index (κ1) is 12.6. The van der Waals surface area contributed by atoms with Crippen molar-refractivity contribution in [2.45, 2.75) is 19.3 Å². The molecule has 4 nitrogen and oxygen atoms in total. The number of carboxylic acid groups (broad SMARTS) is 1. The Kier molecular flexibility index (Phi) is 3.97. The maximum absolute atomic E-state index is 11.6. The van der Waals surface area contributed by atoms with Gasteiger partial charge in [0, 0.05) is 6.54 Å². The molecule has 2 N–H and O–H groups in total. The Labute approximate surface area is 106 Å². The van der Waals surface area contributed by atoms with Gasteiger partial charge in [0.25, 0.3) is 0 Å². The van der Waals surface area contributed by atoms with Crippen molar-refractivity contribution in [3.8, 4) is 0 Å². The van der Waals surface area contributed by atoms with Gasteiger partial charge in [-0.3, -0.25) is 9.59 Å². The van der Waals surface area contributed by atoms with E-state index in [2.05, 4.69) is 17.4 Å². The van der Waals surface area contributed by atoms with Gasteiger partial charge < -0.3 is 10.4 Å². The fourth-order valence-corrected chi connectivity index (χ4v) is 2.04. The van der Waals surface area contributed by atoms with E-state index in [1.807, 2.05) is 18.2 Å². The van der Waals surface area contributed by atoms with Crippen LogP contribution in [0.25, 0.3) is 0 Å². The zero-order chi connectivity index (χ0) is 13.0. The molecule has 0 saturated heterocycles. The van der Waals surface area contributed by atoms with E-state index in [9.17, 15) is 9.59 Å². The molecule has 2 atom stereocenters. The number of hydrogen-bond acceptors (Lipinski definition) is 2. The van der Waals surface area contributed by atoms with Crippen LogP contribution in [0.1, 0.15) is 18.4 Å². The van der Waals surface area contributed by atoms with E-state index >= 15 is 0 Å². The van der Waals surface area contributed by atoms with Gasteiger partial charge in [0.2, 0.25) is 5.91 Å². The highest BCUT2D eigenvalue weighted by Gasteiger charge is 2.48. The molecule has 0 aliphatic heterocycles. The van der Waals surface area contributed by atoms with Crippen molar-refractivity contribution in [3.63, 3.8) is 0 Å². The number of rotatable bonds is 6. The van der Waals surface area contributed by atoms with Crippen molar-refractivity contribution >= 4 is 11.9 Å². The number of hydrogen-bond donors (Lipinski definition) is 2. The fourth-order valence-electron chi connectivity index (χ4n) is 2.04. The van der Waals surface area contributed by atoms with Gasteiger partial charge >= 0.3 is 5.97 Å². The van der Waals surface area contributed by atoms with Crippen LogP contribution < -0.4 is 5.32 Å². The molecule has 0 bridgehead atoms. The van der Waals surface area contributed by atoms with E-state index in [0.717, 1.165) is 12.8 Å². The summed E-state index contributed by atoms with van der Waals surface area (Å²) in [5.74, 6) is -1.74. The predicted octanol–water partition coefficient (Wildman–Crippen LogP) is 1.46. The molecule has 0 radical (unpaired) electrons. The van der Waals surface area contributed by atoms with E-state index in [1.165, 1.54) is 5.56 Å². The lowest BCUT2D eigenvalue weighted by molar-refractivity contribution is -0.140. The van der Waals surface area contributed by atoms with Crippen molar-refractivity contribution < 1.29 is 14.7 Å². The third kappa shape index (κ3) is 3.32. The van der Waals surface area contributed by atoms with Crippen molar-refractivity contribution in [2.24, 2.45) is 11.8 Å². The highest BCUT2D eigenvalue weighted by molar-refractivity contribution is 5.89. The van der Waals surface area contributed by atoms with Crippen molar-refractivity contribution in [3.05, 3.63) is 35.9 Å². The molecule has 1 saturated carbocycles. The number of benzene rings is 1. The molecule has 2 rings (SSSR count). The maximum Gasteiger partial charge on any atom is 0.307 e. The van der Waals surface area contributed by atoms with Gasteiger partial charge in [-0.1, -0.05) is 30.3 Å². The summed E-state index contributed by atoms with van der Waals surface area (Å²) in [6, 6.07) is 10.1. The summed E-state index contributed by atoms with van der Waals surface area (Å²) >= 11 is 0. The topological polar surface area (TPSA) is 66.4 Å². The van der Waals surface area contributed by atoms with Crippen LogP contribution in [0.4, 0.5) is 0 Å². The molecule has 1 amide bonds. The normalized spacial score (nSPS) is 21.3. The minimum Gasteiger partial charge on any atom is -0.481 e. The summed E-state index contributed by atoms with van der Waals surface area (Å²) in [5, 5.41) is 11.5. The van der Waals surface area contributed by atoms with Gasteiger partial charge in [-0.25, -0.2) is 0 Å². The summed E-state index contributed by atoms with van der Waals surface area (Å²) in [7, 11) is 0. The summed E-state index contributed by atoms with van der Waals surface area (Å²) < 4.78 is 0. The molecule has 4 heteroatoms. The Balaban J connectivity index is 1.62. The van der Waals surface area contributed by atoms with E-state index in [1.54, 1.807) is 0 Å². The molecule has 1 aromatic rings. The Hall–Kier alpha value is -1.84. The van der Waals surface area contributed by atoms with E-state index < -0.39 is 11.9 Å². The summed E-state index contributed by atoms with van der Waals surface area (Å²) in [6.07, 6.45) is 2.29. The fraction of sp³-hybridized carbons (Fsp3) is 0.429. The third-order valence-electron chi connectivity index (χ3n) is 3.23. The number of aliphatic carboxylic acids is 1. The van der Waals surface area contributed by atoms with Crippen molar-refractivity contribution in [1.82, 2.24) is 5.32 Å². The standard InChI is InChI=1S/C14H17NO3/c16-13(11-9-12(11)14(17)18)15-8-4-7-10-5-2-1-3-6-10/h1-3,5-6,11-12H,4,7-9H2,(H,15,16)(H,17,18). The summed E-state index contributed by atoms with van der Waals surface area (Å²) in [6.45, 7) is 0.608. The molecule has 1 aliphatic carbocycles. The minimum absolute atomic E-state index is 0.115. The number of aryl methyl sites for hydroxylation is 1. The number of carboxylic acids is 1. The number of amides is 1. The second-order valence-corrected chi connectivity index (χ2v) is 4.67. The monoisotopic (exact) mass is 247 g/mol. The summed E-state index contributed by atoms with van der Waals surface area (Å²) in [4.78, 5) is 22.2. The van der Waals surface area contributed by atoms with Gasteiger partial charge in [-0.15, -0.1) is 0 Å². The van der Waals surface area contributed by atoms with Crippen LogP contribution in [-0.2, 0) is 16.0 Å². The quantitative estimate of drug-likeness (QED) is 0.748. The molecular formula is C14H17NO3. The minimum atomic E-state index is -0.862. The highest BCUT2D eigenvalue weighted by Crippen LogP contribution is 2.38. The number of nitrogens with one attached hydrogen (secondary N) is 1. The zero-order valence-corrected chi connectivity index (χ0v) is 10.1. The van der Waals surface area contributed by atoms with Crippen LogP contribution in [0.2, 0.25) is 0 Å². The lowest BCUT2D eigenvalue weighted by Gasteiger charge is -2.04. The first-order chi connectivity index (χ1) is 8.68. The van der Waals surface area contributed by atoms with Gasteiger partial charge in [0.1, 0.15) is 0 Å². The van der Waals surface area contributed by atoms with Crippen LogP contribution in [0.15, 0.2) is 30.3 Å². The smallest absolute Gasteiger partial charge is 0.307 e. The van der Waals surface area contributed by atoms with E-state index in [0.29, 0.717) is 13.0 Å². The Bertz CT molecular complexity index is 430. The van der Waals surface area contributed by atoms with E-state index in [-0.39, 0.29) is 11.8 Å². The Morgan fingerprint density at radius 2 is 1.94 bits per heavy atom. The predicted molar refractivity (Wildman–Crippen MR) is 67.0 cm³/mol. The molecule has 2 unspecified atom stereocenters. The van der Waals surface area contributed by atoms with Crippen LogP contribution in [0, 0.1) is 11.8 Å². The molecule has 1 aromatic carbocycles. The second kappa shape index (κ2) is 5.67. The maximum atomic E-state index is 11.6. The van der Waals surface area contributed by atoms with Crippen LogP contribution >= 0.6 is 0 Å². The molecule has 0 heterocycles. The number of carbonyl (C=O) groups is 2. The highest BCUT2D eigenvalue weighted by atomic mass is 16.4. The van der Waals surface area contributed by atoms with Crippen LogP contribution in [0.5, 0.6) is 0 Å². The van der Waals surface area contributed by atoms with E-state index in [4.69, 9.17) is 5.11 Å². The van der Waals surface area contributed by atoms with Crippen molar-refractivity contribution in [2.75, 3.05) is 6.54 Å². The molecule has 0 aromatic heterocycles. The van der Waals surface area contributed by atoms with Gasteiger partial charge in [0.05, 0.1) is 11.8 Å². The zero-order valence-electron chi connectivity index (χ0n) is 10.1. The molecule has 96 valence electrons. The number of carbonyl (C=O) groups excluding carboxylic acids is 1. The molecule has 18 heavy (non-hydrogen) atoms. The van der Waals surface area contributed by atoms with Gasteiger partial charge in [-0.2, -0.15) is 0 Å². The summed E-state index contributed by atoms with van der Waals surface area (Å²) in [5.41, 5.74) is 1.25. The van der Waals surface area contributed by atoms with Gasteiger partial charge in [0.15, 0.2) is 0 Å². The molecule has 1 aliphatic rings. The molecular weight excluding hydrogens is 230 g/mol. The lowest BCUT2D eigenvalue weighted by Crippen LogP contribution is -2.27. The van der Waals surface area contributed by atoms with Gasteiger partial charge in [-0.05, 0) is 24.8 Å². The third-order valence-corrected chi connectivity index (χ3v) is 3.23. The van der Waals surface area contributed by atoms with Crippen molar-refractivity contribution in [1.29, 1.82) is 0 Å².